The van der Waals surface area contributed by atoms with Crippen LogP contribution in [-0.2, 0) is 6.18 Å². The molecule has 0 saturated heterocycles. The van der Waals surface area contributed by atoms with Crippen LogP contribution in [0.1, 0.15) is 5.56 Å². The number of benzene rings is 2. The lowest BCUT2D eigenvalue weighted by atomic mass is 10.1. The molecule has 0 radical (unpaired) electrons. The van der Waals surface area contributed by atoms with Crippen molar-refractivity contribution in [2.24, 2.45) is 0 Å². The molecule has 0 spiro atoms. The van der Waals surface area contributed by atoms with Gasteiger partial charge in [0.25, 0.3) is 0 Å². The lowest BCUT2D eigenvalue weighted by molar-refractivity contribution is -0.136. The molecule has 2 rings (SSSR count). The Labute approximate surface area is 118 Å². The summed E-state index contributed by atoms with van der Waals surface area (Å²) in [4.78, 5) is 0. The maximum absolute atomic E-state index is 12.9. The lowest BCUT2D eigenvalue weighted by Gasteiger charge is -2.15. The highest BCUT2D eigenvalue weighted by molar-refractivity contribution is 6.30. The van der Waals surface area contributed by atoms with E-state index < -0.39 is 11.7 Å². The Kier molecular flexibility index (Phi) is 3.67. The van der Waals surface area contributed by atoms with Gasteiger partial charge in [-0.15, -0.1) is 0 Å². The first-order valence-corrected chi connectivity index (χ1v) is 5.94. The van der Waals surface area contributed by atoms with Crippen LogP contribution < -0.4 is 16.8 Å². The van der Waals surface area contributed by atoms with Gasteiger partial charge in [-0.3, -0.25) is 0 Å². The van der Waals surface area contributed by atoms with E-state index in [4.69, 9.17) is 23.1 Å². The summed E-state index contributed by atoms with van der Waals surface area (Å²) in [5.74, 6) is 0. The molecule has 0 bridgehead atoms. The second-order valence-corrected chi connectivity index (χ2v) is 4.59. The fourth-order valence-electron chi connectivity index (χ4n) is 1.67. The summed E-state index contributed by atoms with van der Waals surface area (Å²) in [6, 6.07) is 8.02. The highest BCUT2D eigenvalue weighted by Gasteiger charge is 2.33. The number of alkyl halides is 3. The largest absolute Gasteiger partial charge is 0.418 e. The summed E-state index contributed by atoms with van der Waals surface area (Å²) in [5.41, 5.74) is 11.3. The van der Waals surface area contributed by atoms with E-state index in [1.54, 1.807) is 6.07 Å². The normalized spacial score (nSPS) is 11.4. The molecule has 0 aliphatic rings. The van der Waals surface area contributed by atoms with E-state index in [1.807, 2.05) is 0 Å². The van der Waals surface area contributed by atoms with Crippen molar-refractivity contribution in [2.45, 2.75) is 6.18 Å². The van der Waals surface area contributed by atoms with Crippen LogP contribution in [0.2, 0.25) is 5.02 Å². The van der Waals surface area contributed by atoms with Gasteiger partial charge < -0.3 is 16.8 Å². The van der Waals surface area contributed by atoms with Crippen LogP contribution in [0, 0.1) is 0 Å². The summed E-state index contributed by atoms with van der Waals surface area (Å²) >= 11 is 5.61. The first-order chi connectivity index (χ1) is 9.27. The van der Waals surface area contributed by atoms with Crippen LogP contribution in [0.4, 0.5) is 35.9 Å². The van der Waals surface area contributed by atoms with E-state index in [2.05, 4.69) is 5.32 Å². The smallest absolute Gasteiger partial charge is 0.397 e. The molecule has 2 aromatic rings. The summed E-state index contributed by atoms with van der Waals surface area (Å²) in [6.07, 6.45) is -4.51. The zero-order chi connectivity index (χ0) is 14.9. The van der Waals surface area contributed by atoms with Crippen LogP contribution in [0.3, 0.4) is 0 Å². The summed E-state index contributed by atoms with van der Waals surface area (Å²) in [5, 5.41) is 2.67. The Morgan fingerprint density at radius 1 is 0.950 bits per heavy atom. The van der Waals surface area contributed by atoms with E-state index in [9.17, 15) is 13.2 Å². The molecule has 0 aromatic heterocycles. The molecule has 5 N–H and O–H groups in total. The predicted octanol–water partition coefficient (Wildman–Crippen LogP) is 4.27. The van der Waals surface area contributed by atoms with Gasteiger partial charge in [0.05, 0.1) is 22.6 Å². The molecule has 20 heavy (non-hydrogen) atoms. The van der Waals surface area contributed by atoms with E-state index in [0.29, 0.717) is 11.4 Å². The zero-order valence-electron chi connectivity index (χ0n) is 10.1. The van der Waals surface area contributed by atoms with Gasteiger partial charge in [-0.2, -0.15) is 13.2 Å². The highest BCUT2D eigenvalue weighted by Crippen LogP contribution is 2.38. The van der Waals surface area contributed by atoms with Gasteiger partial charge in [0.2, 0.25) is 0 Å². The van der Waals surface area contributed by atoms with Crippen molar-refractivity contribution in [1.29, 1.82) is 0 Å². The maximum Gasteiger partial charge on any atom is 0.418 e. The number of nitrogen functional groups attached to an aromatic ring is 2. The van der Waals surface area contributed by atoms with E-state index in [1.165, 1.54) is 24.3 Å². The van der Waals surface area contributed by atoms with Crippen molar-refractivity contribution in [3.8, 4) is 0 Å². The van der Waals surface area contributed by atoms with Gasteiger partial charge in [0.15, 0.2) is 0 Å². The molecular formula is C13H11ClF3N3. The SMILES string of the molecule is Nc1ccc(Nc2ccc(Cl)cc2C(F)(F)F)cc1N. The van der Waals surface area contributed by atoms with Gasteiger partial charge in [-0.05, 0) is 36.4 Å². The molecule has 0 aliphatic carbocycles. The third kappa shape index (κ3) is 3.08. The van der Waals surface area contributed by atoms with Gasteiger partial charge in [-0.25, -0.2) is 0 Å². The Bertz CT molecular complexity index is 641. The minimum atomic E-state index is -4.51. The fourth-order valence-corrected chi connectivity index (χ4v) is 1.84. The molecule has 0 saturated carbocycles. The van der Waals surface area contributed by atoms with Crippen LogP contribution in [0.25, 0.3) is 0 Å². The molecule has 0 amide bonds. The van der Waals surface area contributed by atoms with Crippen LogP contribution in [0.15, 0.2) is 36.4 Å². The minimum absolute atomic E-state index is 0.0136. The van der Waals surface area contributed by atoms with Crippen molar-refractivity contribution in [1.82, 2.24) is 0 Å². The van der Waals surface area contributed by atoms with E-state index >= 15 is 0 Å². The summed E-state index contributed by atoms with van der Waals surface area (Å²) in [6.45, 7) is 0. The lowest BCUT2D eigenvalue weighted by Crippen LogP contribution is -2.09. The van der Waals surface area contributed by atoms with Crippen LogP contribution in [0.5, 0.6) is 0 Å². The van der Waals surface area contributed by atoms with Gasteiger partial charge in [0, 0.05) is 10.7 Å². The van der Waals surface area contributed by atoms with Gasteiger partial charge in [0.1, 0.15) is 0 Å². The van der Waals surface area contributed by atoms with Crippen molar-refractivity contribution < 1.29 is 13.2 Å². The third-order valence-corrected chi connectivity index (χ3v) is 2.89. The molecule has 0 aliphatic heterocycles. The number of halogens is 4. The van der Waals surface area contributed by atoms with Gasteiger partial charge in [-0.1, -0.05) is 11.6 Å². The minimum Gasteiger partial charge on any atom is -0.397 e. The van der Waals surface area contributed by atoms with Crippen molar-refractivity contribution in [3.63, 3.8) is 0 Å². The zero-order valence-corrected chi connectivity index (χ0v) is 10.9. The Morgan fingerprint density at radius 2 is 1.65 bits per heavy atom. The molecule has 0 heterocycles. The van der Waals surface area contributed by atoms with Crippen LogP contribution >= 0.6 is 11.6 Å². The topological polar surface area (TPSA) is 64.1 Å². The maximum atomic E-state index is 12.9. The second kappa shape index (κ2) is 5.13. The van der Waals surface area contributed by atoms with Crippen molar-refractivity contribution in [2.75, 3.05) is 16.8 Å². The number of hydrogen-bond acceptors (Lipinski definition) is 3. The fraction of sp³-hybridized carbons (Fsp3) is 0.0769. The Hall–Kier alpha value is -2.08. The quantitative estimate of drug-likeness (QED) is 0.726. The molecular weight excluding hydrogens is 291 g/mol. The highest BCUT2D eigenvalue weighted by atomic mass is 35.5. The molecule has 0 fully saturated rings. The average Bonchev–Trinajstić information content (AvgIpc) is 2.35. The molecule has 3 nitrogen and oxygen atoms in total. The van der Waals surface area contributed by atoms with Crippen LogP contribution in [-0.4, -0.2) is 0 Å². The number of hydrogen-bond donors (Lipinski definition) is 3. The first-order valence-electron chi connectivity index (χ1n) is 5.56. The number of nitrogens with two attached hydrogens (primary N) is 2. The molecule has 106 valence electrons. The standard InChI is InChI=1S/C13H11ClF3N3/c14-7-1-4-12(9(5-7)13(15,16)17)20-8-2-3-10(18)11(19)6-8/h1-6,20H,18-19H2. The number of anilines is 4. The predicted molar refractivity (Wildman–Crippen MR) is 75.0 cm³/mol. The summed E-state index contributed by atoms with van der Waals surface area (Å²) in [7, 11) is 0. The molecule has 7 heteroatoms. The number of nitrogens with one attached hydrogen (secondary N) is 1. The average molecular weight is 302 g/mol. The Morgan fingerprint density at radius 3 is 2.25 bits per heavy atom. The third-order valence-electron chi connectivity index (χ3n) is 2.65. The molecule has 2 aromatic carbocycles. The summed E-state index contributed by atoms with van der Waals surface area (Å²) < 4.78 is 38.8. The Balaban J connectivity index is 2.40. The van der Waals surface area contributed by atoms with E-state index in [-0.39, 0.29) is 16.4 Å². The molecule has 0 unspecified atom stereocenters. The van der Waals surface area contributed by atoms with Crippen molar-refractivity contribution in [3.05, 3.63) is 47.0 Å². The first kappa shape index (κ1) is 14.3. The second-order valence-electron chi connectivity index (χ2n) is 4.16. The monoisotopic (exact) mass is 301 g/mol. The van der Waals surface area contributed by atoms with E-state index in [0.717, 1.165) is 6.07 Å². The van der Waals surface area contributed by atoms with Gasteiger partial charge >= 0.3 is 6.18 Å². The number of rotatable bonds is 2. The molecule has 0 atom stereocenters. The van der Waals surface area contributed by atoms with Crippen molar-refractivity contribution >= 4 is 34.4 Å².